The normalized spacial score (nSPS) is 9.64. The van der Waals surface area contributed by atoms with Crippen molar-refractivity contribution in [3.63, 3.8) is 0 Å². The second kappa shape index (κ2) is 8.25. The molecule has 8 heteroatoms. The summed E-state index contributed by atoms with van der Waals surface area (Å²) < 4.78 is 0. The van der Waals surface area contributed by atoms with Crippen LogP contribution in [-0.4, -0.2) is 42.8 Å². The van der Waals surface area contributed by atoms with Gasteiger partial charge in [0.15, 0.2) is 0 Å². The molecule has 3 heterocycles. The first-order valence-electron chi connectivity index (χ1n) is 7.11. The number of pyridine rings is 2. The van der Waals surface area contributed by atoms with Gasteiger partial charge in [-0.25, -0.2) is 9.78 Å². The summed E-state index contributed by atoms with van der Waals surface area (Å²) in [7, 11) is 0. The number of aryl methyl sites for hydroxylation is 1. The van der Waals surface area contributed by atoms with E-state index >= 15 is 0 Å². The molecule has 3 rings (SSSR count). The highest BCUT2D eigenvalue weighted by Crippen LogP contribution is 2.18. The molecule has 8 nitrogen and oxygen atoms in total. The van der Waals surface area contributed by atoms with Crippen LogP contribution in [0.5, 0.6) is 0 Å². The van der Waals surface area contributed by atoms with Crippen molar-refractivity contribution in [2.75, 3.05) is 0 Å². The molecule has 0 radical (unpaired) electrons. The minimum absolute atomic E-state index is 0.0243. The van der Waals surface area contributed by atoms with Gasteiger partial charge in [-0.15, -0.1) is 10.2 Å². The van der Waals surface area contributed by atoms with Crippen LogP contribution in [0.3, 0.4) is 0 Å². The molecule has 0 saturated carbocycles. The first-order chi connectivity index (χ1) is 12.0. The van der Waals surface area contributed by atoms with Crippen LogP contribution < -0.4 is 0 Å². The van der Waals surface area contributed by atoms with Gasteiger partial charge < -0.3 is 10.2 Å². The summed E-state index contributed by atoms with van der Waals surface area (Å²) in [6.07, 6.45) is 0. The Balaban J connectivity index is 0.000000701. The molecule has 0 amide bonds. The van der Waals surface area contributed by atoms with Crippen molar-refractivity contribution in [3.05, 3.63) is 59.9 Å². The van der Waals surface area contributed by atoms with Crippen molar-refractivity contribution in [2.45, 2.75) is 6.92 Å². The molecule has 3 aromatic heterocycles. The third-order valence-electron chi connectivity index (χ3n) is 3.05. The predicted octanol–water partition coefficient (Wildman–Crippen LogP) is 2.31. The molecule has 0 aliphatic rings. The lowest BCUT2D eigenvalue weighted by Crippen LogP contribution is -2.01. The van der Waals surface area contributed by atoms with E-state index in [4.69, 9.17) is 15.0 Å². The summed E-state index contributed by atoms with van der Waals surface area (Å²) in [4.78, 5) is 27.7. The van der Waals surface area contributed by atoms with Crippen LogP contribution in [0.1, 0.15) is 16.2 Å². The van der Waals surface area contributed by atoms with Crippen molar-refractivity contribution in [1.29, 1.82) is 0 Å². The fourth-order valence-electron chi connectivity index (χ4n) is 1.99. The second-order valence-corrected chi connectivity index (χ2v) is 4.79. The predicted molar refractivity (Wildman–Crippen MR) is 88.9 cm³/mol. The average Bonchev–Trinajstić information content (AvgIpc) is 2.63. The molecule has 0 fully saturated rings. The molecule has 126 valence electrons. The lowest BCUT2D eigenvalue weighted by atomic mass is 10.2. The number of aromatic nitrogens is 4. The average molecular weight is 338 g/mol. The van der Waals surface area contributed by atoms with Gasteiger partial charge in [-0.05, 0) is 43.3 Å². The Hall–Kier alpha value is -3.68. The summed E-state index contributed by atoms with van der Waals surface area (Å²) >= 11 is 0. The Bertz CT molecular complexity index is 882. The highest BCUT2D eigenvalue weighted by Gasteiger charge is 2.09. The van der Waals surface area contributed by atoms with E-state index in [1.807, 2.05) is 25.1 Å². The summed E-state index contributed by atoms with van der Waals surface area (Å²) in [5.74, 6) is -1.07. The number of aromatic carboxylic acids is 1. The van der Waals surface area contributed by atoms with Crippen molar-refractivity contribution in [1.82, 2.24) is 20.2 Å². The lowest BCUT2D eigenvalue weighted by Gasteiger charge is -2.03. The van der Waals surface area contributed by atoms with E-state index in [1.165, 1.54) is 6.07 Å². The maximum atomic E-state index is 10.9. The molecular weight excluding hydrogens is 324 g/mol. The Labute approximate surface area is 142 Å². The van der Waals surface area contributed by atoms with Crippen LogP contribution in [0.2, 0.25) is 0 Å². The van der Waals surface area contributed by atoms with E-state index < -0.39 is 5.97 Å². The Morgan fingerprint density at radius 3 is 1.88 bits per heavy atom. The smallest absolute Gasteiger partial charge is 0.354 e. The first-order valence-corrected chi connectivity index (χ1v) is 7.11. The molecule has 0 aliphatic carbocycles. The number of carbonyl (C=O) groups is 2. The molecule has 0 unspecified atom stereocenters. The standard InChI is InChI=1S/C16H12N4O2.CH2O2/c1-10-4-2-5-11(17-10)13-8-9-14(20-19-13)12-6-3-7-15(18-12)16(21)22;2-1-3/h2-9H,1H3,(H,21,22);1H,(H,2,3). The minimum atomic E-state index is -1.07. The summed E-state index contributed by atoms with van der Waals surface area (Å²) in [6.45, 7) is 1.66. The van der Waals surface area contributed by atoms with Crippen LogP contribution in [0.25, 0.3) is 22.8 Å². The van der Waals surface area contributed by atoms with Gasteiger partial charge >= 0.3 is 5.97 Å². The van der Waals surface area contributed by atoms with E-state index in [2.05, 4.69) is 20.2 Å². The highest BCUT2D eigenvalue weighted by atomic mass is 16.4. The zero-order chi connectivity index (χ0) is 18.2. The molecule has 0 atom stereocenters. The lowest BCUT2D eigenvalue weighted by molar-refractivity contribution is -0.122. The largest absolute Gasteiger partial charge is 0.483 e. The van der Waals surface area contributed by atoms with E-state index in [9.17, 15) is 4.79 Å². The molecule has 0 saturated heterocycles. The quantitative estimate of drug-likeness (QED) is 0.697. The van der Waals surface area contributed by atoms with Gasteiger partial charge in [0, 0.05) is 5.69 Å². The molecule has 2 N–H and O–H groups in total. The third kappa shape index (κ3) is 4.64. The van der Waals surface area contributed by atoms with Crippen LogP contribution in [0.15, 0.2) is 48.5 Å². The van der Waals surface area contributed by atoms with Crippen LogP contribution in [0, 0.1) is 6.92 Å². The fourth-order valence-corrected chi connectivity index (χ4v) is 1.99. The van der Waals surface area contributed by atoms with Gasteiger partial charge in [-0.1, -0.05) is 12.1 Å². The molecular formula is C17H14N4O4. The zero-order valence-electron chi connectivity index (χ0n) is 13.2. The van der Waals surface area contributed by atoms with Gasteiger partial charge in [0.1, 0.15) is 17.1 Å². The number of carboxylic acids is 1. The maximum Gasteiger partial charge on any atom is 0.354 e. The third-order valence-corrected chi connectivity index (χ3v) is 3.05. The van der Waals surface area contributed by atoms with Crippen LogP contribution >= 0.6 is 0 Å². The zero-order valence-corrected chi connectivity index (χ0v) is 13.2. The Morgan fingerprint density at radius 1 is 0.880 bits per heavy atom. The highest BCUT2D eigenvalue weighted by molar-refractivity contribution is 5.85. The van der Waals surface area contributed by atoms with E-state index in [0.29, 0.717) is 17.1 Å². The van der Waals surface area contributed by atoms with Gasteiger partial charge in [0.05, 0.1) is 11.4 Å². The van der Waals surface area contributed by atoms with Gasteiger partial charge in [0.2, 0.25) is 0 Å². The second-order valence-electron chi connectivity index (χ2n) is 4.79. The maximum absolute atomic E-state index is 10.9. The number of carboxylic acid groups (broad SMARTS) is 2. The number of hydrogen-bond donors (Lipinski definition) is 2. The van der Waals surface area contributed by atoms with Crippen molar-refractivity contribution < 1.29 is 19.8 Å². The summed E-state index contributed by atoms with van der Waals surface area (Å²) in [5, 5.41) is 24.1. The molecule has 0 aliphatic heterocycles. The van der Waals surface area contributed by atoms with Crippen molar-refractivity contribution in [2.24, 2.45) is 0 Å². The Kier molecular flexibility index (Phi) is 5.83. The van der Waals surface area contributed by atoms with Crippen LogP contribution in [0.4, 0.5) is 0 Å². The van der Waals surface area contributed by atoms with E-state index in [0.717, 1.165) is 11.4 Å². The molecule has 0 aromatic carbocycles. The monoisotopic (exact) mass is 338 g/mol. The van der Waals surface area contributed by atoms with Gasteiger partial charge in [0.25, 0.3) is 6.47 Å². The minimum Gasteiger partial charge on any atom is -0.483 e. The number of nitrogens with zero attached hydrogens (tertiary/aromatic N) is 4. The topological polar surface area (TPSA) is 126 Å². The molecule has 0 bridgehead atoms. The number of rotatable bonds is 3. The SMILES string of the molecule is Cc1cccc(-c2ccc(-c3cccc(C(=O)O)n3)nn2)n1.O=CO. The fraction of sp³-hybridized carbons (Fsp3) is 0.0588. The van der Waals surface area contributed by atoms with E-state index in [-0.39, 0.29) is 12.2 Å². The number of hydrogen-bond acceptors (Lipinski definition) is 6. The van der Waals surface area contributed by atoms with Gasteiger partial charge in [-0.2, -0.15) is 0 Å². The van der Waals surface area contributed by atoms with Crippen molar-refractivity contribution in [3.8, 4) is 22.8 Å². The molecule has 3 aromatic rings. The summed E-state index contributed by atoms with van der Waals surface area (Å²) in [5.41, 5.74) is 3.26. The molecule has 25 heavy (non-hydrogen) atoms. The summed E-state index contributed by atoms with van der Waals surface area (Å²) in [6, 6.07) is 14.0. The first kappa shape index (κ1) is 17.7. The molecule has 0 spiro atoms. The van der Waals surface area contributed by atoms with E-state index in [1.54, 1.807) is 24.3 Å². The van der Waals surface area contributed by atoms with Crippen molar-refractivity contribution >= 4 is 12.4 Å². The van der Waals surface area contributed by atoms with Crippen LogP contribution in [-0.2, 0) is 4.79 Å². The Morgan fingerprint density at radius 2 is 1.40 bits per heavy atom. The van der Waals surface area contributed by atoms with Gasteiger partial charge in [-0.3, -0.25) is 9.78 Å².